The van der Waals surface area contributed by atoms with E-state index in [9.17, 15) is 14.0 Å². The van der Waals surface area contributed by atoms with Crippen LogP contribution in [0, 0.1) is 5.82 Å². The number of carboxylic acid groups (broad SMARTS) is 1. The van der Waals surface area contributed by atoms with Gasteiger partial charge in [-0.25, -0.2) is 14.0 Å². The van der Waals surface area contributed by atoms with E-state index in [-0.39, 0.29) is 17.3 Å². The average molecular weight is 238 g/mol. The normalized spacial score (nSPS) is 15.6. The van der Waals surface area contributed by atoms with Crippen LogP contribution in [0.25, 0.3) is 0 Å². The first-order chi connectivity index (χ1) is 8.09. The molecule has 6 heteroatoms. The third kappa shape index (κ3) is 2.20. The van der Waals surface area contributed by atoms with E-state index in [1.807, 2.05) is 0 Å². The number of nitrogens with zero attached hydrogens (tertiary/aromatic N) is 1. The zero-order valence-corrected chi connectivity index (χ0v) is 8.94. The van der Waals surface area contributed by atoms with E-state index in [0.29, 0.717) is 13.1 Å². The predicted octanol–water partition coefficient (Wildman–Crippen LogP) is 1.44. The summed E-state index contributed by atoms with van der Waals surface area (Å²) in [4.78, 5) is 23.4. The van der Waals surface area contributed by atoms with Crippen LogP contribution in [-0.4, -0.2) is 30.2 Å². The summed E-state index contributed by atoms with van der Waals surface area (Å²) in [6.07, 6.45) is 0.728. The highest BCUT2D eigenvalue weighted by Crippen LogP contribution is 2.22. The van der Waals surface area contributed by atoms with Crippen LogP contribution < -0.4 is 10.2 Å². The van der Waals surface area contributed by atoms with Gasteiger partial charge in [-0.2, -0.15) is 0 Å². The monoisotopic (exact) mass is 238 g/mol. The molecule has 0 radical (unpaired) electrons. The Hall–Kier alpha value is -2.11. The lowest BCUT2D eigenvalue weighted by Crippen LogP contribution is -2.46. The van der Waals surface area contributed by atoms with E-state index in [2.05, 4.69) is 5.32 Å². The maximum Gasteiger partial charge on any atom is 0.335 e. The number of benzene rings is 1. The summed E-state index contributed by atoms with van der Waals surface area (Å²) in [5.74, 6) is -1.90. The number of carboxylic acids is 1. The molecular weight excluding hydrogens is 227 g/mol. The maximum absolute atomic E-state index is 13.7. The standard InChI is InChI=1S/C11H11FN2O3/c12-8-6-7(10(15)16)2-3-9(8)14-5-1-4-13-11(14)17/h2-3,6H,1,4-5H2,(H,13,17)(H,15,16). The van der Waals surface area contributed by atoms with E-state index in [4.69, 9.17) is 5.11 Å². The molecule has 0 saturated carbocycles. The summed E-state index contributed by atoms with van der Waals surface area (Å²) in [7, 11) is 0. The molecule has 0 aromatic heterocycles. The molecule has 0 bridgehead atoms. The third-order valence-corrected chi connectivity index (χ3v) is 2.57. The molecule has 1 heterocycles. The van der Waals surface area contributed by atoms with E-state index < -0.39 is 11.8 Å². The van der Waals surface area contributed by atoms with Crippen molar-refractivity contribution < 1.29 is 19.1 Å². The van der Waals surface area contributed by atoms with Gasteiger partial charge in [0.2, 0.25) is 0 Å². The van der Waals surface area contributed by atoms with Crippen LogP contribution >= 0.6 is 0 Å². The summed E-state index contributed by atoms with van der Waals surface area (Å²) in [5, 5.41) is 11.3. The van der Waals surface area contributed by atoms with Gasteiger partial charge in [0, 0.05) is 13.1 Å². The minimum absolute atomic E-state index is 0.104. The number of hydrogen-bond acceptors (Lipinski definition) is 2. The Morgan fingerprint density at radius 2 is 2.24 bits per heavy atom. The molecule has 2 amide bonds. The number of carbonyl (C=O) groups excluding carboxylic acids is 1. The fraction of sp³-hybridized carbons (Fsp3) is 0.273. The van der Waals surface area contributed by atoms with Crippen LogP contribution in [0.2, 0.25) is 0 Å². The second-order valence-electron chi connectivity index (χ2n) is 3.71. The molecule has 1 aliphatic heterocycles. The topological polar surface area (TPSA) is 69.6 Å². The van der Waals surface area contributed by atoms with Gasteiger partial charge in [-0.1, -0.05) is 0 Å². The van der Waals surface area contributed by atoms with Crippen LogP contribution in [-0.2, 0) is 0 Å². The van der Waals surface area contributed by atoms with Gasteiger partial charge in [-0.15, -0.1) is 0 Å². The summed E-state index contributed by atoms with van der Waals surface area (Å²) in [6, 6.07) is 3.14. The Labute approximate surface area is 96.8 Å². The van der Waals surface area contributed by atoms with Crippen LogP contribution in [0.1, 0.15) is 16.8 Å². The Morgan fingerprint density at radius 1 is 1.47 bits per heavy atom. The number of halogens is 1. The van der Waals surface area contributed by atoms with Crippen LogP contribution in [0.15, 0.2) is 18.2 Å². The van der Waals surface area contributed by atoms with Gasteiger partial charge < -0.3 is 10.4 Å². The number of anilines is 1. The number of nitrogens with one attached hydrogen (secondary N) is 1. The molecule has 0 spiro atoms. The van der Waals surface area contributed by atoms with Gasteiger partial charge in [0.1, 0.15) is 5.82 Å². The van der Waals surface area contributed by atoms with E-state index in [0.717, 1.165) is 12.5 Å². The zero-order valence-electron chi connectivity index (χ0n) is 8.94. The molecule has 1 aromatic carbocycles. The Kier molecular flexibility index (Phi) is 2.95. The molecule has 1 saturated heterocycles. The van der Waals surface area contributed by atoms with Gasteiger partial charge in [-0.3, -0.25) is 4.90 Å². The SMILES string of the molecule is O=C(O)c1ccc(N2CCCNC2=O)c(F)c1. The molecule has 2 rings (SSSR count). The van der Waals surface area contributed by atoms with Crippen molar-refractivity contribution in [1.82, 2.24) is 5.32 Å². The van der Waals surface area contributed by atoms with Crippen molar-refractivity contribution in [3.05, 3.63) is 29.6 Å². The number of rotatable bonds is 2. The fourth-order valence-electron chi connectivity index (χ4n) is 1.72. The van der Waals surface area contributed by atoms with Crippen molar-refractivity contribution >= 4 is 17.7 Å². The predicted molar refractivity (Wildman–Crippen MR) is 58.7 cm³/mol. The number of amides is 2. The van der Waals surface area contributed by atoms with E-state index >= 15 is 0 Å². The molecule has 90 valence electrons. The quantitative estimate of drug-likeness (QED) is 0.819. The molecule has 1 fully saturated rings. The molecular formula is C11H11FN2O3. The largest absolute Gasteiger partial charge is 0.478 e. The first-order valence-corrected chi connectivity index (χ1v) is 5.18. The highest BCUT2D eigenvalue weighted by molar-refractivity contribution is 5.94. The summed E-state index contributed by atoms with van der Waals surface area (Å²) in [5.41, 5.74) is -0.0316. The van der Waals surface area contributed by atoms with Gasteiger partial charge in [0.25, 0.3) is 0 Å². The Bertz CT molecular complexity index is 476. The molecule has 0 unspecified atom stereocenters. The van der Waals surface area contributed by atoms with Crippen molar-refractivity contribution in [2.75, 3.05) is 18.0 Å². The Balaban J connectivity index is 2.32. The lowest BCUT2D eigenvalue weighted by Gasteiger charge is -2.27. The maximum atomic E-state index is 13.7. The lowest BCUT2D eigenvalue weighted by molar-refractivity contribution is 0.0696. The van der Waals surface area contributed by atoms with Gasteiger partial charge in [0.05, 0.1) is 11.3 Å². The summed E-state index contributed by atoms with van der Waals surface area (Å²) >= 11 is 0. The highest BCUT2D eigenvalue weighted by atomic mass is 19.1. The number of hydrogen-bond donors (Lipinski definition) is 2. The number of carbonyl (C=O) groups is 2. The van der Waals surface area contributed by atoms with Crippen LogP contribution in [0.3, 0.4) is 0 Å². The molecule has 17 heavy (non-hydrogen) atoms. The van der Waals surface area contributed by atoms with Crippen molar-refractivity contribution in [2.45, 2.75) is 6.42 Å². The number of aromatic carboxylic acids is 1. The Morgan fingerprint density at radius 3 is 2.82 bits per heavy atom. The first-order valence-electron chi connectivity index (χ1n) is 5.18. The lowest BCUT2D eigenvalue weighted by atomic mass is 10.1. The second-order valence-corrected chi connectivity index (χ2v) is 3.71. The van der Waals surface area contributed by atoms with Crippen molar-refractivity contribution in [3.63, 3.8) is 0 Å². The minimum Gasteiger partial charge on any atom is -0.478 e. The fourth-order valence-corrected chi connectivity index (χ4v) is 1.72. The van der Waals surface area contributed by atoms with E-state index in [1.54, 1.807) is 0 Å². The van der Waals surface area contributed by atoms with Crippen LogP contribution in [0.5, 0.6) is 0 Å². The molecule has 1 aromatic rings. The molecule has 0 aliphatic carbocycles. The third-order valence-electron chi connectivity index (χ3n) is 2.57. The molecule has 5 nitrogen and oxygen atoms in total. The molecule has 0 atom stereocenters. The molecule has 2 N–H and O–H groups in total. The minimum atomic E-state index is -1.20. The smallest absolute Gasteiger partial charge is 0.335 e. The van der Waals surface area contributed by atoms with Crippen molar-refractivity contribution in [3.8, 4) is 0 Å². The van der Waals surface area contributed by atoms with Gasteiger partial charge >= 0.3 is 12.0 Å². The van der Waals surface area contributed by atoms with Crippen molar-refractivity contribution in [1.29, 1.82) is 0 Å². The first kappa shape index (κ1) is 11.4. The van der Waals surface area contributed by atoms with Gasteiger partial charge in [0.15, 0.2) is 0 Å². The molecule has 1 aliphatic rings. The number of urea groups is 1. The average Bonchev–Trinajstić information content (AvgIpc) is 2.30. The van der Waals surface area contributed by atoms with E-state index in [1.165, 1.54) is 17.0 Å². The highest BCUT2D eigenvalue weighted by Gasteiger charge is 2.22. The van der Waals surface area contributed by atoms with Crippen LogP contribution in [0.4, 0.5) is 14.9 Å². The van der Waals surface area contributed by atoms with Crippen molar-refractivity contribution in [2.24, 2.45) is 0 Å². The summed E-state index contributed by atoms with van der Waals surface area (Å²) < 4.78 is 13.7. The van der Waals surface area contributed by atoms with Gasteiger partial charge in [-0.05, 0) is 24.6 Å². The summed E-state index contributed by atoms with van der Waals surface area (Å²) in [6.45, 7) is 0.999. The zero-order chi connectivity index (χ0) is 12.4. The second kappa shape index (κ2) is 4.40.